The molecular formula is C22H19ClN2O3. The van der Waals surface area contributed by atoms with Gasteiger partial charge in [-0.15, -0.1) is 0 Å². The number of rotatable bonds is 6. The van der Waals surface area contributed by atoms with E-state index >= 15 is 0 Å². The molecule has 1 aromatic heterocycles. The van der Waals surface area contributed by atoms with Gasteiger partial charge in [0.05, 0.1) is 11.1 Å². The van der Waals surface area contributed by atoms with Crippen LogP contribution in [0.1, 0.15) is 34.9 Å². The van der Waals surface area contributed by atoms with Gasteiger partial charge < -0.3 is 5.32 Å². The molecule has 0 aliphatic rings. The van der Waals surface area contributed by atoms with Gasteiger partial charge in [0.2, 0.25) is 0 Å². The van der Waals surface area contributed by atoms with E-state index in [2.05, 4.69) is 5.32 Å². The largest absolute Gasteiger partial charge is 0.347 e. The number of hydrogen-bond donors (Lipinski definition) is 1. The highest BCUT2D eigenvalue weighted by Gasteiger charge is 2.31. The van der Waals surface area contributed by atoms with Crippen LogP contribution in [0.15, 0.2) is 83.8 Å². The molecule has 1 N–H and O–H groups in total. The number of pyridine rings is 1. The third-order valence-electron chi connectivity index (χ3n) is 4.39. The number of aromatic nitrogens is 1. The van der Waals surface area contributed by atoms with Crippen molar-refractivity contribution in [1.29, 1.82) is 0 Å². The topological polar surface area (TPSA) is 68.2 Å². The van der Waals surface area contributed by atoms with Crippen LogP contribution in [-0.4, -0.2) is 16.3 Å². The molecule has 6 heteroatoms. The van der Waals surface area contributed by atoms with Crippen LogP contribution in [0.5, 0.6) is 0 Å². The summed E-state index contributed by atoms with van der Waals surface area (Å²) in [5.41, 5.74) is 0.739. The molecule has 142 valence electrons. The lowest BCUT2D eigenvalue weighted by atomic mass is 10.0. The van der Waals surface area contributed by atoms with Crippen LogP contribution in [0.4, 0.5) is 0 Å². The first kappa shape index (κ1) is 19.6. The maximum absolute atomic E-state index is 13.1. The van der Waals surface area contributed by atoms with Gasteiger partial charge in [0.25, 0.3) is 11.5 Å². The molecule has 0 saturated heterocycles. The van der Waals surface area contributed by atoms with Gasteiger partial charge in [0, 0.05) is 17.8 Å². The Labute approximate surface area is 167 Å². The Balaban J connectivity index is 1.98. The average Bonchev–Trinajstić information content (AvgIpc) is 2.72. The van der Waals surface area contributed by atoms with Crippen LogP contribution in [0, 0.1) is 0 Å². The van der Waals surface area contributed by atoms with Crippen molar-refractivity contribution >= 4 is 23.3 Å². The number of hydrogen-bond acceptors (Lipinski definition) is 3. The first-order valence-electron chi connectivity index (χ1n) is 8.79. The Bertz CT molecular complexity index is 1030. The van der Waals surface area contributed by atoms with Crippen molar-refractivity contribution < 1.29 is 9.59 Å². The molecule has 1 heterocycles. The Morgan fingerprint density at radius 3 is 2.18 bits per heavy atom. The lowest BCUT2D eigenvalue weighted by Gasteiger charge is -2.22. The molecular weight excluding hydrogens is 376 g/mol. The molecule has 0 bridgehead atoms. The van der Waals surface area contributed by atoms with Crippen LogP contribution < -0.4 is 10.9 Å². The number of benzene rings is 2. The van der Waals surface area contributed by atoms with Gasteiger partial charge >= 0.3 is 0 Å². The summed E-state index contributed by atoms with van der Waals surface area (Å²) in [6, 6.07) is 18.7. The summed E-state index contributed by atoms with van der Waals surface area (Å²) < 4.78 is 1.07. The number of Topliss-reactive ketones (excluding diaryl/α,β-unsaturated/α-hetero) is 1. The molecule has 2 aromatic carbocycles. The normalized spacial score (nSPS) is 12.8. The fourth-order valence-electron chi connectivity index (χ4n) is 2.93. The highest BCUT2D eigenvalue weighted by molar-refractivity contribution is 6.30. The molecule has 0 fully saturated rings. The average molecular weight is 395 g/mol. The van der Waals surface area contributed by atoms with E-state index in [4.69, 9.17) is 11.6 Å². The molecule has 1 amide bonds. The molecule has 3 aromatic rings. The molecule has 5 nitrogen and oxygen atoms in total. The minimum Gasteiger partial charge on any atom is -0.347 e. The second kappa shape index (κ2) is 8.67. The second-order valence-corrected chi connectivity index (χ2v) is 6.80. The molecule has 0 radical (unpaired) electrons. The fourth-order valence-corrected chi connectivity index (χ4v) is 3.10. The van der Waals surface area contributed by atoms with Gasteiger partial charge in [-0.25, -0.2) is 0 Å². The monoisotopic (exact) mass is 394 g/mol. The Hall–Kier alpha value is -3.18. The van der Waals surface area contributed by atoms with Gasteiger partial charge in [-0.3, -0.25) is 19.0 Å². The van der Waals surface area contributed by atoms with E-state index in [-0.39, 0.29) is 11.1 Å². The van der Waals surface area contributed by atoms with Crippen molar-refractivity contribution in [1.82, 2.24) is 9.88 Å². The van der Waals surface area contributed by atoms with E-state index in [1.54, 1.807) is 30.3 Å². The predicted molar refractivity (Wildman–Crippen MR) is 109 cm³/mol. The SMILES string of the molecule is C[C@@H](NC(=O)[C@@H](C(=O)c1ccccc1)n1cc(Cl)ccc1=O)c1ccccc1. The molecule has 0 aliphatic carbocycles. The Morgan fingerprint density at radius 1 is 0.929 bits per heavy atom. The van der Waals surface area contributed by atoms with Gasteiger partial charge in [-0.1, -0.05) is 72.3 Å². The Morgan fingerprint density at radius 2 is 1.54 bits per heavy atom. The standard InChI is InChI=1S/C22H19ClN2O3/c1-15(16-8-4-2-5-9-16)24-22(28)20(21(27)17-10-6-3-7-11-17)25-14-18(23)12-13-19(25)26/h2-15,20H,1H3,(H,24,28)/t15-,20-/m1/s1. The maximum Gasteiger partial charge on any atom is 0.251 e. The van der Waals surface area contributed by atoms with Crippen LogP contribution in [-0.2, 0) is 4.79 Å². The van der Waals surface area contributed by atoms with E-state index in [0.29, 0.717) is 5.56 Å². The minimum atomic E-state index is -1.36. The molecule has 2 atom stereocenters. The predicted octanol–water partition coefficient (Wildman–Crippen LogP) is 3.80. The summed E-state index contributed by atoms with van der Waals surface area (Å²) >= 11 is 6.02. The van der Waals surface area contributed by atoms with E-state index in [0.717, 1.165) is 10.1 Å². The van der Waals surface area contributed by atoms with Crippen molar-refractivity contribution in [2.45, 2.75) is 19.0 Å². The van der Waals surface area contributed by atoms with Crippen LogP contribution >= 0.6 is 11.6 Å². The molecule has 0 unspecified atom stereocenters. The van der Waals surface area contributed by atoms with Gasteiger partial charge in [0.15, 0.2) is 11.8 Å². The van der Waals surface area contributed by atoms with Crippen molar-refractivity contribution in [3.05, 3.63) is 105 Å². The molecule has 3 rings (SSSR count). The Kier molecular flexibility index (Phi) is 6.06. The van der Waals surface area contributed by atoms with E-state index in [1.807, 2.05) is 37.3 Å². The quantitative estimate of drug-likeness (QED) is 0.510. The van der Waals surface area contributed by atoms with Crippen molar-refractivity contribution in [2.24, 2.45) is 0 Å². The van der Waals surface area contributed by atoms with Crippen LogP contribution in [0.2, 0.25) is 5.02 Å². The number of carbonyl (C=O) groups excluding carboxylic acids is 2. The maximum atomic E-state index is 13.1. The van der Waals surface area contributed by atoms with Crippen molar-refractivity contribution in [2.75, 3.05) is 0 Å². The second-order valence-electron chi connectivity index (χ2n) is 6.37. The number of amides is 1. The molecule has 0 saturated carbocycles. The van der Waals surface area contributed by atoms with Crippen LogP contribution in [0.25, 0.3) is 0 Å². The summed E-state index contributed by atoms with van der Waals surface area (Å²) in [7, 11) is 0. The van der Waals surface area contributed by atoms with Crippen molar-refractivity contribution in [3.63, 3.8) is 0 Å². The van der Waals surface area contributed by atoms with E-state index in [1.165, 1.54) is 18.3 Å². The fraction of sp³-hybridized carbons (Fsp3) is 0.136. The summed E-state index contributed by atoms with van der Waals surface area (Å²) in [6.07, 6.45) is 1.31. The molecule has 28 heavy (non-hydrogen) atoms. The number of nitrogens with one attached hydrogen (secondary N) is 1. The zero-order chi connectivity index (χ0) is 20.1. The minimum absolute atomic E-state index is 0.259. The number of nitrogens with zero attached hydrogens (tertiary/aromatic N) is 1. The van der Waals surface area contributed by atoms with Gasteiger partial charge in [0.1, 0.15) is 0 Å². The lowest BCUT2D eigenvalue weighted by Crippen LogP contribution is -2.42. The van der Waals surface area contributed by atoms with E-state index in [9.17, 15) is 14.4 Å². The molecule has 0 aliphatic heterocycles. The van der Waals surface area contributed by atoms with Gasteiger partial charge in [-0.2, -0.15) is 0 Å². The first-order chi connectivity index (χ1) is 13.5. The summed E-state index contributed by atoms with van der Waals surface area (Å²) in [5, 5.41) is 3.09. The number of carbonyl (C=O) groups is 2. The van der Waals surface area contributed by atoms with E-state index < -0.39 is 23.3 Å². The molecule has 0 spiro atoms. The summed E-state index contributed by atoms with van der Waals surface area (Å²) in [6.45, 7) is 1.82. The first-order valence-corrected chi connectivity index (χ1v) is 9.17. The lowest BCUT2D eigenvalue weighted by molar-refractivity contribution is -0.123. The number of halogens is 1. The summed E-state index contributed by atoms with van der Waals surface area (Å²) in [5.74, 6) is -1.06. The number of ketones is 1. The highest BCUT2D eigenvalue weighted by Crippen LogP contribution is 2.18. The third-order valence-corrected chi connectivity index (χ3v) is 4.62. The third kappa shape index (κ3) is 4.38. The van der Waals surface area contributed by atoms with Gasteiger partial charge in [-0.05, 0) is 18.6 Å². The van der Waals surface area contributed by atoms with Crippen molar-refractivity contribution in [3.8, 4) is 0 Å². The van der Waals surface area contributed by atoms with Crippen LogP contribution in [0.3, 0.4) is 0 Å². The summed E-state index contributed by atoms with van der Waals surface area (Å²) in [4.78, 5) is 38.6. The smallest absolute Gasteiger partial charge is 0.251 e. The zero-order valence-electron chi connectivity index (χ0n) is 15.2. The highest BCUT2D eigenvalue weighted by atomic mass is 35.5. The zero-order valence-corrected chi connectivity index (χ0v) is 16.0.